The highest BCUT2D eigenvalue weighted by atomic mass is 16.5. The molecule has 0 spiro atoms. The summed E-state index contributed by atoms with van der Waals surface area (Å²) in [4.78, 5) is 0. The van der Waals surface area contributed by atoms with Crippen LogP contribution in [0.15, 0.2) is 0 Å². The van der Waals surface area contributed by atoms with Crippen molar-refractivity contribution in [2.75, 3.05) is 19.8 Å². The molecule has 0 heterocycles. The Morgan fingerprint density at radius 2 is 2.08 bits per heavy atom. The zero-order chi connectivity index (χ0) is 9.52. The van der Waals surface area contributed by atoms with Crippen molar-refractivity contribution in [3.8, 4) is 0 Å². The van der Waals surface area contributed by atoms with Crippen LogP contribution in [-0.2, 0) is 4.74 Å². The van der Waals surface area contributed by atoms with Gasteiger partial charge >= 0.3 is 0 Å². The minimum Gasteiger partial charge on any atom is -0.391 e. The van der Waals surface area contributed by atoms with Crippen LogP contribution in [0, 0.1) is 5.92 Å². The van der Waals surface area contributed by atoms with Gasteiger partial charge in [-0.2, -0.15) is 0 Å². The van der Waals surface area contributed by atoms with Crippen molar-refractivity contribution in [2.45, 2.75) is 38.2 Å². The molecule has 0 amide bonds. The molecule has 0 aromatic heterocycles. The molecule has 1 unspecified atom stereocenters. The molecule has 0 aliphatic heterocycles. The van der Waals surface area contributed by atoms with E-state index in [-0.39, 0.29) is 6.10 Å². The van der Waals surface area contributed by atoms with E-state index >= 15 is 0 Å². The molecule has 13 heavy (non-hydrogen) atoms. The Balaban J connectivity index is 1.99. The first-order valence-electron chi connectivity index (χ1n) is 5.29. The van der Waals surface area contributed by atoms with E-state index in [9.17, 15) is 5.11 Å². The van der Waals surface area contributed by atoms with Crippen molar-refractivity contribution in [3.05, 3.63) is 0 Å². The van der Waals surface area contributed by atoms with E-state index in [1.807, 2.05) is 0 Å². The molecule has 1 rings (SSSR count). The molecule has 3 heteroatoms. The van der Waals surface area contributed by atoms with Crippen LogP contribution in [0.4, 0.5) is 0 Å². The van der Waals surface area contributed by atoms with Crippen molar-refractivity contribution in [2.24, 2.45) is 11.7 Å². The number of hydrogen-bond acceptors (Lipinski definition) is 3. The van der Waals surface area contributed by atoms with Crippen LogP contribution >= 0.6 is 0 Å². The third-order valence-electron chi connectivity index (χ3n) is 2.65. The number of aliphatic hydroxyl groups is 1. The van der Waals surface area contributed by atoms with E-state index in [0.29, 0.717) is 19.8 Å². The summed E-state index contributed by atoms with van der Waals surface area (Å²) < 4.78 is 5.18. The van der Waals surface area contributed by atoms with Crippen molar-refractivity contribution >= 4 is 0 Å². The lowest BCUT2D eigenvalue weighted by atomic mass is 10.0. The van der Waals surface area contributed by atoms with Gasteiger partial charge in [-0.25, -0.2) is 0 Å². The van der Waals surface area contributed by atoms with Crippen molar-refractivity contribution in [1.82, 2.24) is 0 Å². The SMILES string of the molecule is NCCOCC(O)CC1CCCC1. The van der Waals surface area contributed by atoms with Gasteiger partial charge < -0.3 is 15.6 Å². The van der Waals surface area contributed by atoms with Crippen LogP contribution in [0.2, 0.25) is 0 Å². The Labute approximate surface area is 80.3 Å². The van der Waals surface area contributed by atoms with Gasteiger partial charge in [-0.1, -0.05) is 25.7 Å². The highest BCUT2D eigenvalue weighted by Gasteiger charge is 2.18. The van der Waals surface area contributed by atoms with Gasteiger partial charge in [0.25, 0.3) is 0 Å². The van der Waals surface area contributed by atoms with Gasteiger partial charge in [-0.15, -0.1) is 0 Å². The summed E-state index contributed by atoms with van der Waals surface area (Å²) in [5.74, 6) is 0.733. The fourth-order valence-electron chi connectivity index (χ4n) is 2.00. The summed E-state index contributed by atoms with van der Waals surface area (Å²) in [6, 6.07) is 0. The number of aliphatic hydroxyl groups excluding tert-OH is 1. The number of nitrogens with two attached hydrogens (primary N) is 1. The van der Waals surface area contributed by atoms with Crippen LogP contribution < -0.4 is 5.73 Å². The van der Waals surface area contributed by atoms with Gasteiger partial charge in [0.1, 0.15) is 0 Å². The van der Waals surface area contributed by atoms with Crippen LogP contribution in [-0.4, -0.2) is 31.0 Å². The monoisotopic (exact) mass is 187 g/mol. The first-order valence-corrected chi connectivity index (χ1v) is 5.29. The lowest BCUT2D eigenvalue weighted by Crippen LogP contribution is -2.20. The summed E-state index contributed by atoms with van der Waals surface area (Å²) in [7, 11) is 0. The Bertz CT molecular complexity index is 124. The first-order chi connectivity index (χ1) is 6.33. The highest BCUT2D eigenvalue weighted by Crippen LogP contribution is 2.28. The normalized spacial score (nSPS) is 20.8. The maximum Gasteiger partial charge on any atom is 0.0776 e. The summed E-state index contributed by atoms with van der Waals surface area (Å²) in [6.45, 7) is 1.55. The lowest BCUT2D eigenvalue weighted by molar-refractivity contribution is 0.0275. The molecule has 1 fully saturated rings. The van der Waals surface area contributed by atoms with E-state index in [4.69, 9.17) is 10.5 Å². The first kappa shape index (κ1) is 11.0. The molecule has 0 aromatic rings. The standard InChI is InChI=1S/C10H21NO2/c11-5-6-13-8-10(12)7-9-3-1-2-4-9/h9-10,12H,1-8,11H2. The molecule has 3 nitrogen and oxygen atoms in total. The fraction of sp³-hybridized carbons (Fsp3) is 1.00. The van der Waals surface area contributed by atoms with E-state index in [1.165, 1.54) is 25.7 Å². The molecule has 1 saturated carbocycles. The third-order valence-corrected chi connectivity index (χ3v) is 2.65. The van der Waals surface area contributed by atoms with Gasteiger partial charge in [-0.3, -0.25) is 0 Å². The third kappa shape index (κ3) is 4.60. The van der Waals surface area contributed by atoms with Crippen molar-refractivity contribution < 1.29 is 9.84 Å². The second-order valence-corrected chi connectivity index (χ2v) is 3.90. The molecule has 3 N–H and O–H groups in total. The zero-order valence-corrected chi connectivity index (χ0v) is 8.24. The Morgan fingerprint density at radius 1 is 1.38 bits per heavy atom. The van der Waals surface area contributed by atoms with Crippen LogP contribution in [0.5, 0.6) is 0 Å². The second-order valence-electron chi connectivity index (χ2n) is 3.90. The Morgan fingerprint density at radius 3 is 2.69 bits per heavy atom. The average molecular weight is 187 g/mol. The summed E-state index contributed by atoms with van der Waals surface area (Å²) >= 11 is 0. The topological polar surface area (TPSA) is 55.5 Å². The fourth-order valence-corrected chi connectivity index (χ4v) is 2.00. The molecule has 0 bridgehead atoms. The predicted octanol–water partition coefficient (Wildman–Crippen LogP) is 0.903. The van der Waals surface area contributed by atoms with Gasteiger partial charge in [0, 0.05) is 6.54 Å². The molecule has 1 aliphatic rings. The van der Waals surface area contributed by atoms with Gasteiger partial charge in [0.2, 0.25) is 0 Å². The maximum atomic E-state index is 9.57. The zero-order valence-electron chi connectivity index (χ0n) is 8.24. The molecular formula is C10H21NO2. The molecule has 78 valence electrons. The minimum absolute atomic E-state index is 0.283. The minimum atomic E-state index is -0.283. The van der Waals surface area contributed by atoms with Crippen molar-refractivity contribution in [1.29, 1.82) is 0 Å². The van der Waals surface area contributed by atoms with Gasteiger partial charge in [-0.05, 0) is 12.3 Å². The summed E-state index contributed by atoms with van der Waals surface area (Å²) in [6.07, 6.45) is 5.86. The van der Waals surface area contributed by atoms with Crippen LogP contribution in [0.25, 0.3) is 0 Å². The second kappa shape index (κ2) is 6.35. The molecule has 0 saturated heterocycles. The van der Waals surface area contributed by atoms with E-state index in [2.05, 4.69) is 0 Å². The lowest BCUT2D eigenvalue weighted by Gasteiger charge is -2.14. The van der Waals surface area contributed by atoms with E-state index in [1.54, 1.807) is 0 Å². The molecule has 0 aromatic carbocycles. The van der Waals surface area contributed by atoms with Crippen LogP contribution in [0.3, 0.4) is 0 Å². The van der Waals surface area contributed by atoms with Gasteiger partial charge in [0.05, 0.1) is 19.3 Å². The molecule has 1 aliphatic carbocycles. The van der Waals surface area contributed by atoms with Crippen LogP contribution in [0.1, 0.15) is 32.1 Å². The quantitative estimate of drug-likeness (QED) is 0.607. The predicted molar refractivity (Wildman–Crippen MR) is 52.5 cm³/mol. The largest absolute Gasteiger partial charge is 0.391 e. The highest BCUT2D eigenvalue weighted by molar-refractivity contribution is 4.70. The van der Waals surface area contributed by atoms with E-state index < -0.39 is 0 Å². The Kier molecular flexibility index (Phi) is 5.35. The number of hydrogen-bond donors (Lipinski definition) is 2. The molecule has 0 radical (unpaired) electrons. The number of rotatable bonds is 6. The Hall–Kier alpha value is -0.120. The molecular weight excluding hydrogens is 166 g/mol. The summed E-state index contributed by atoms with van der Waals surface area (Å²) in [5.41, 5.74) is 5.27. The smallest absolute Gasteiger partial charge is 0.0776 e. The summed E-state index contributed by atoms with van der Waals surface area (Å²) in [5, 5.41) is 9.57. The average Bonchev–Trinajstić information content (AvgIpc) is 2.57. The maximum absolute atomic E-state index is 9.57. The molecule has 1 atom stereocenters. The van der Waals surface area contributed by atoms with E-state index in [0.717, 1.165) is 12.3 Å². The number of ether oxygens (including phenoxy) is 1. The van der Waals surface area contributed by atoms with Gasteiger partial charge in [0.15, 0.2) is 0 Å². The van der Waals surface area contributed by atoms with Crippen molar-refractivity contribution in [3.63, 3.8) is 0 Å².